The second kappa shape index (κ2) is 7.04. The van der Waals surface area contributed by atoms with Gasteiger partial charge in [-0.05, 0) is 71.9 Å². The van der Waals surface area contributed by atoms with Crippen LogP contribution in [0.15, 0.2) is 36.4 Å². The first-order valence-corrected chi connectivity index (χ1v) is 8.75. The number of methoxy groups -OCH3 is 1. The molecule has 1 saturated heterocycles. The zero-order valence-electron chi connectivity index (χ0n) is 14.4. The predicted octanol–water partition coefficient (Wildman–Crippen LogP) is 2.38. The van der Waals surface area contributed by atoms with E-state index in [2.05, 4.69) is 37.7 Å². The molecule has 0 N–H and O–H groups in total. The van der Waals surface area contributed by atoms with Crippen LogP contribution in [0.2, 0.25) is 0 Å². The first-order valence-electron chi connectivity index (χ1n) is 8.75. The van der Waals surface area contributed by atoms with Gasteiger partial charge in [0.1, 0.15) is 5.75 Å². The second-order valence-electron chi connectivity index (χ2n) is 6.54. The van der Waals surface area contributed by atoms with Gasteiger partial charge < -0.3 is 9.64 Å². The third-order valence-corrected chi connectivity index (χ3v) is 4.99. The summed E-state index contributed by atoms with van der Waals surface area (Å²) >= 11 is 0. The lowest BCUT2D eigenvalue weighted by molar-refractivity contribution is 0.379. The van der Waals surface area contributed by atoms with Gasteiger partial charge in [0, 0.05) is 13.1 Å². The van der Waals surface area contributed by atoms with E-state index in [1.807, 2.05) is 24.3 Å². The summed E-state index contributed by atoms with van der Waals surface area (Å²) in [4.78, 5) is 2.32. The first-order chi connectivity index (χ1) is 12.3. The highest BCUT2D eigenvalue weighted by Gasteiger charge is 2.20. The molecule has 0 atom stereocenters. The average Bonchev–Trinajstić information content (AvgIpc) is 3.15. The van der Waals surface area contributed by atoms with Crippen LogP contribution < -0.4 is 9.64 Å². The van der Waals surface area contributed by atoms with Gasteiger partial charge >= 0.3 is 0 Å². The van der Waals surface area contributed by atoms with Crippen molar-refractivity contribution in [1.29, 1.82) is 0 Å². The third-order valence-electron chi connectivity index (χ3n) is 4.99. The highest BCUT2D eigenvalue weighted by atomic mass is 16.5. The van der Waals surface area contributed by atoms with Gasteiger partial charge in [0.05, 0.1) is 7.11 Å². The number of piperidine rings is 1. The Labute approximate surface area is 146 Å². The first kappa shape index (κ1) is 15.8. The van der Waals surface area contributed by atoms with Gasteiger partial charge in [0.2, 0.25) is 0 Å². The van der Waals surface area contributed by atoms with Crippen molar-refractivity contribution < 1.29 is 4.74 Å². The van der Waals surface area contributed by atoms with E-state index in [1.165, 1.54) is 29.5 Å². The number of anilines is 1. The molecule has 25 heavy (non-hydrogen) atoms. The van der Waals surface area contributed by atoms with Crippen molar-refractivity contribution in [3.63, 3.8) is 0 Å². The summed E-state index contributed by atoms with van der Waals surface area (Å²) in [7, 11) is 1.70. The standard InChI is InChI=1S/C18H22N6O/c1-25-16-6-4-14(5-7-16)2-3-15-10-12-23(13-11-15)18-9-8-17-19-21-22-24(17)20-18/h4-9,15H,2-3,10-13H2,1H3. The van der Waals surface area contributed by atoms with E-state index in [1.54, 1.807) is 7.11 Å². The third kappa shape index (κ3) is 3.55. The summed E-state index contributed by atoms with van der Waals surface area (Å²) in [6.45, 7) is 2.07. The number of benzene rings is 1. The van der Waals surface area contributed by atoms with E-state index in [0.717, 1.165) is 37.0 Å². The molecule has 7 heteroatoms. The van der Waals surface area contributed by atoms with Crippen LogP contribution >= 0.6 is 0 Å². The molecule has 1 aromatic carbocycles. The molecule has 0 aliphatic carbocycles. The normalized spacial score (nSPS) is 15.6. The minimum atomic E-state index is 0.679. The number of hydrogen-bond acceptors (Lipinski definition) is 6. The lowest BCUT2D eigenvalue weighted by Crippen LogP contribution is -2.34. The Morgan fingerprint density at radius 3 is 2.64 bits per heavy atom. The van der Waals surface area contributed by atoms with Gasteiger partial charge in [-0.15, -0.1) is 14.8 Å². The fourth-order valence-corrected chi connectivity index (χ4v) is 3.42. The van der Waals surface area contributed by atoms with E-state index in [0.29, 0.717) is 5.65 Å². The summed E-state index contributed by atoms with van der Waals surface area (Å²) in [5, 5.41) is 15.9. The van der Waals surface area contributed by atoms with Crippen LogP contribution in [0.5, 0.6) is 5.75 Å². The molecule has 4 rings (SSSR count). The van der Waals surface area contributed by atoms with Gasteiger partial charge in [-0.2, -0.15) is 0 Å². The maximum atomic E-state index is 5.21. The Bertz CT molecular complexity index is 823. The van der Waals surface area contributed by atoms with Gasteiger partial charge in [0.15, 0.2) is 11.5 Å². The fraction of sp³-hybridized carbons (Fsp3) is 0.444. The number of rotatable bonds is 5. The zero-order valence-corrected chi connectivity index (χ0v) is 14.4. The molecule has 130 valence electrons. The molecule has 3 aromatic rings. The van der Waals surface area contributed by atoms with Crippen LogP contribution in [0.4, 0.5) is 5.82 Å². The molecular weight excluding hydrogens is 316 g/mol. The van der Waals surface area contributed by atoms with Crippen LogP contribution in [0.3, 0.4) is 0 Å². The molecule has 3 heterocycles. The summed E-state index contributed by atoms with van der Waals surface area (Å²) < 4.78 is 6.70. The quantitative estimate of drug-likeness (QED) is 0.711. The van der Waals surface area contributed by atoms with E-state index >= 15 is 0 Å². The van der Waals surface area contributed by atoms with Crippen molar-refractivity contribution in [2.24, 2.45) is 5.92 Å². The maximum absolute atomic E-state index is 5.21. The van der Waals surface area contributed by atoms with Gasteiger partial charge in [-0.3, -0.25) is 0 Å². The van der Waals surface area contributed by atoms with E-state index < -0.39 is 0 Å². The van der Waals surface area contributed by atoms with Gasteiger partial charge in [0.25, 0.3) is 0 Å². The summed E-state index contributed by atoms with van der Waals surface area (Å²) in [6, 6.07) is 12.3. The average molecular weight is 338 g/mol. The lowest BCUT2D eigenvalue weighted by atomic mass is 9.90. The zero-order chi connectivity index (χ0) is 17.1. The van der Waals surface area contributed by atoms with Crippen molar-refractivity contribution in [3.8, 4) is 5.75 Å². The molecule has 0 amide bonds. The summed E-state index contributed by atoms with van der Waals surface area (Å²) in [6.07, 6.45) is 4.76. The van der Waals surface area contributed by atoms with Crippen LogP contribution in [0.25, 0.3) is 5.65 Å². The van der Waals surface area contributed by atoms with Crippen molar-refractivity contribution in [2.75, 3.05) is 25.1 Å². The van der Waals surface area contributed by atoms with E-state index in [4.69, 9.17) is 4.74 Å². The molecule has 1 aliphatic rings. The van der Waals surface area contributed by atoms with E-state index in [9.17, 15) is 0 Å². The SMILES string of the molecule is COc1ccc(CCC2CCN(c3ccc4nnnn4n3)CC2)cc1. The molecule has 0 radical (unpaired) electrons. The number of aryl methyl sites for hydroxylation is 1. The summed E-state index contributed by atoms with van der Waals surface area (Å²) in [5.74, 6) is 2.65. The van der Waals surface area contributed by atoms with Crippen molar-refractivity contribution in [2.45, 2.75) is 25.7 Å². The van der Waals surface area contributed by atoms with Gasteiger partial charge in [-0.25, -0.2) is 0 Å². The van der Waals surface area contributed by atoms with Crippen molar-refractivity contribution in [3.05, 3.63) is 42.0 Å². The number of fused-ring (bicyclic) bond motifs is 1. The second-order valence-corrected chi connectivity index (χ2v) is 6.54. The highest BCUT2D eigenvalue weighted by molar-refractivity contribution is 5.44. The molecular formula is C18H22N6O. The largest absolute Gasteiger partial charge is 0.497 e. The van der Waals surface area contributed by atoms with E-state index in [-0.39, 0.29) is 0 Å². The Kier molecular flexibility index (Phi) is 4.45. The van der Waals surface area contributed by atoms with Crippen molar-refractivity contribution in [1.82, 2.24) is 25.3 Å². The Balaban J connectivity index is 1.30. The lowest BCUT2D eigenvalue weighted by Gasteiger charge is -2.32. The molecule has 0 bridgehead atoms. The van der Waals surface area contributed by atoms with Crippen LogP contribution in [0.1, 0.15) is 24.8 Å². The molecule has 1 fully saturated rings. The minimum absolute atomic E-state index is 0.679. The maximum Gasteiger partial charge on any atom is 0.200 e. The Hall–Kier alpha value is -2.70. The van der Waals surface area contributed by atoms with Crippen LogP contribution in [0, 0.1) is 5.92 Å². The smallest absolute Gasteiger partial charge is 0.200 e. The molecule has 0 spiro atoms. The number of tetrazole rings is 1. The number of aromatic nitrogens is 5. The Morgan fingerprint density at radius 2 is 1.88 bits per heavy atom. The minimum Gasteiger partial charge on any atom is -0.497 e. The predicted molar refractivity (Wildman–Crippen MR) is 94.8 cm³/mol. The molecule has 0 saturated carbocycles. The fourth-order valence-electron chi connectivity index (χ4n) is 3.42. The number of hydrogen-bond donors (Lipinski definition) is 0. The molecule has 2 aromatic heterocycles. The van der Waals surface area contributed by atoms with Crippen LogP contribution in [-0.2, 0) is 6.42 Å². The van der Waals surface area contributed by atoms with Crippen molar-refractivity contribution >= 4 is 11.5 Å². The highest BCUT2D eigenvalue weighted by Crippen LogP contribution is 2.25. The molecule has 0 unspecified atom stereocenters. The Morgan fingerprint density at radius 1 is 1.08 bits per heavy atom. The van der Waals surface area contributed by atoms with Gasteiger partial charge in [-0.1, -0.05) is 12.1 Å². The molecule has 1 aliphatic heterocycles. The summed E-state index contributed by atoms with van der Waals surface area (Å²) in [5.41, 5.74) is 2.06. The number of ether oxygens (including phenoxy) is 1. The molecule has 7 nitrogen and oxygen atoms in total. The topological polar surface area (TPSA) is 68.4 Å². The number of nitrogens with zero attached hydrogens (tertiary/aromatic N) is 6. The monoisotopic (exact) mass is 338 g/mol. The van der Waals surface area contributed by atoms with Crippen LogP contribution in [-0.4, -0.2) is 45.5 Å².